The zero-order valence-corrected chi connectivity index (χ0v) is 18.4. The van der Waals surface area contributed by atoms with E-state index in [0.717, 1.165) is 41.3 Å². The molecular formula is C25H27N5S. The van der Waals surface area contributed by atoms with Gasteiger partial charge in [-0.05, 0) is 55.4 Å². The van der Waals surface area contributed by atoms with Gasteiger partial charge in [0.25, 0.3) is 0 Å². The predicted octanol–water partition coefficient (Wildman–Crippen LogP) is 5.00. The molecule has 0 bridgehead atoms. The van der Waals surface area contributed by atoms with Gasteiger partial charge in [-0.2, -0.15) is 0 Å². The molecular weight excluding hydrogens is 402 g/mol. The number of fused-ring (bicyclic) bond motifs is 3. The average Bonchev–Trinajstić information content (AvgIpc) is 3.00. The third kappa shape index (κ3) is 4.45. The van der Waals surface area contributed by atoms with Crippen LogP contribution in [0.2, 0.25) is 0 Å². The van der Waals surface area contributed by atoms with E-state index in [4.69, 9.17) is 15.7 Å². The van der Waals surface area contributed by atoms with Crippen LogP contribution in [0.1, 0.15) is 35.3 Å². The smallest absolute Gasteiger partial charge is 0.163 e. The summed E-state index contributed by atoms with van der Waals surface area (Å²) in [5.74, 6) is 1.66. The molecule has 0 spiro atoms. The summed E-state index contributed by atoms with van der Waals surface area (Å²) in [7, 11) is 0. The van der Waals surface area contributed by atoms with Crippen molar-refractivity contribution in [3.63, 3.8) is 0 Å². The van der Waals surface area contributed by atoms with E-state index in [9.17, 15) is 0 Å². The van der Waals surface area contributed by atoms with E-state index in [1.54, 1.807) is 12.4 Å². The summed E-state index contributed by atoms with van der Waals surface area (Å²) >= 11 is 1.83. The third-order valence-electron chi connectivity index (χ3n) is 5.88. The lowest BCUT2D eigenvalue weighted by atomic mass is 10.1. The summed E-state index contributed by atoms with van der Waals surface area (Å²) in [4.78, 5) is 16.6. The van der Waals surface area contributed by atoms with Crippen LogP contribution in [-0.2, 0) is 19.3 Å². The maximum atomic E-state index is 6.47. The highest BCUT2D eigenvalue weighted by molar-refractivity contribution is 7.19. The fourth-order valence-corrected chi connectivity index (χ4v) is 5.57. The van der Waals surface area contributed by atoms with Crippen molar-refractivity contribution in [3.05, 3.63) is 70.9 Å². The molecule has 0 saturated carbocycles. The van der Waals surface area contributed by atoms with Gasteiger partial charge in [-0.25, -0.2) is 9.97 Å². The molecule has 3 aromatic heterocycles. The second kappa shape index (κ2) is 9.12. The molecule has 1 aromatic carbocycles. The number of hydrogen-bond donors (Lipinski definition) is 2. The first-order valence-corrected chi connectivity index (χ1v) is 11.9. The van der Waals surface area contributed by atoms with E-state index in [2.05, 4.69) is 34.6 Å². The van der Waals surface area contributed by atoms with Crippen molar-refractivity contribution in [2.24, 2.45) is 5.73 Å². The molecule has 31 heavy (non-hydrogen) atoms. The van der Waals surface area contributed by atoms with E-state index in [0.29, 0.717) is 6.54 Å². The fourth-order valence-electron chi connectivity index (χ4n) is 4.31. The van der Waals surface area contributed by atoms with Gasteiger partial charge < -0.3 is 11.1 Å². The highest BCUT2D eigenvalue weighted by Gasteiger charge is 2.21. The van der Waals surface area contributed by atoms with Gasteiger partial charge in [-0.3, -0.25) is 4.98 Å². The van der Waals surface area contributed by atoms with Gasteiger partial charge >= 0.3 is 0 Å². The van der Waals surface area contributed by atoms with Crippen molar-refractivity contribution in [2.45, 2.75) is 44.6 Å². The molecule has 6 heteroatoms. The largest absolute Gasteiger partial charge is 0.368 e. The molecule has 0 unspecified atom stereocenters. The number of aryl methyl sites for hydroxylation is 2. The molecule has 5 nitrogen and oxygen atoms in total. The second-order valence-corrected chi connectivity index (χ2v) is 9.29. The lowest BCUT2D eigenvalue weighted by Crippen LogP contribution is -2.31. The third-order valence-corrected chi connectivity index (χ3v) is 7.06. The molecule has 1 aliphatic rings. The number of nitrogens with zero attached hydrogens (tertiary/aromatic N) is 3. The molecule has 1 aliphatic carbocycles. The Morgan fingerprint density at radius 3 is 2.61 bits per heavy atom. The van der Waals surface area contributed by atoms with Crippen LogP contribution in [0, 0.1) is 0 Å². The Balaban J connectivity index is 1.49. The van der Waals surface area contributed by atoms with Crippen molar-refractivity contribution in [3.8, 4) is 11.4 Å². The van der Waals surface area contributed by atoms with Crippen LogP contribution in [0.25, 0.3) is 21.6 Å². The lowest BCUT2D eigenvalue weighted by Gasteiger charge is -2.15. The topological polar surface area (TPSA) is 76.7 Å². The number of pyridine rings is 1. The standard InChI is InChI=1S/C25H27N5S/c26-19(15-17-7-3-1-4-8-17)16-28-24-22-20-9-5-2-6-10-21(20)31-25(22)30-23(29-24)18-11-13-27-14-12-18/h1,3-4,7-8,11-14,19H,2,5-6,9-10,15-16,26H2,(H,28,29,30)/t19-/m1/s1. The molecule has 1 atom stereocenters. The minimum atomic E-state index is 0.00836. The molecule has 5 rings (SSSR count). The Bertz CT molecular complexity index is 1160. The SMILES string of the molecule is N[C@@H](CNc1nc(-c2ccncc2)nc2sc3c(c12)CCCCC3)Cc1ccccc1. The molecule has 0 radical (unpaired) electrons. The molecule has 0 fully saturated rings. The van der Waals surface area contributed by atoms with E-state index in [1.165, 1.54) is 40.7 Å². The lowest BCUT2D eigenvalue weighted by molar-refractivity contribution is 0.698. The first kappa shape index (κ1) is 20.1. The van der Waals surface area contributed by atoms with Crippen LogP contribution < -0.4 is 11.1 Å². The first-order valence-electron chi connectivity index (χ1n) is 11.0. The summed E-state index contributed by atoms with van der Waals surface area (Å²) in [5, 5.41) is 4.79. The Morgan fingerprint density at radius 1 is 0.968 bits per heavy atom. The van der Waals surface area contributed by atoms with Gasteiger partial charge in [0.15, 0.2) is 5.82 Å². The van der Waals surface area contributed by atoms with Crippen molar-refractivity contribution in [1.82, 2.24) is 15.0 Å². The van der Waals surface area contributed by atoms with Gasteiger partial charge in [-0.1, -0.05) is 36.8 Å². The van der Waals surface area contributed by atoms with Gasteiger partial charge in [0, 0.05) is 35.4 Å². The number of benzene rings is 1. The summed E-state index contributed by atoms with van der Waals surface area (Å²) in [6.07, 6.45) is 10.5. The van der Waals surface area contributed by atoms with E-state index in [1.807, 2.05) is 29.5 Å². The molecule has 0 amide bonds. The van der Waals surface area contributed by atoms with Crippen molar-refractivity contribution >= 4 is 27.4 Å². The fraction of sp³-hybridized carbons (Fsp3) is 0.320. The highest BCUT2D eigenvalue weighted by Crippen LogP contribution is 2.39. The number of anilines is 1. The summed E-state index contributed by atoms with van der Waals surface area (Å²) in [6.45, 7) is 0.668. The summed E-state index contributed by atoms with van der Waals surface area (Å²) in [6, 6.07) is 14.3. The van der Waals surface area contributed by atoms with E-state index in [-0.39, 0.29) is 6.04 Å². The number of nitrogens with two attached hydrogens (primary N) is 1. The van der Waals surface area contributed by atoms with Crippen LogP contribution in [0.5, 0.6) is 0 Å². The van der Waals surface area contributed by atoms with Crippen molar-refractivity contribution in [1.29, 1.82) is 0 Å². The summed E-state index contributed by atoms with van der Waals surface area (Å²) in [5.41, 5.74) is 10.2. The number of thiophene rings is 1. The molecule has 3 heterocycles. The van der Waals surface area contributed by atoms with Crippen LogP contribution in [-0.4, -0.2) is 27.5 Å². The maximum Gasteiger partial charge on any atom is 0.163 e. The number of aromatic nitrogens is 3. The normalized spacial score (nSPS) is 14.7. The molecule has 0 saturated heterocycles. The Hall–Kier alpha value is -2.83. The van der Waals surface area contributed by atoms with E-state index < -0.39 is 0 Å². The number of nitrogens with one attached hydrogen (secondary N) is 1. The predicted molar refractivity (Wildman–Crippen MR) is 129 cm³/mol. The second-order valence-electron chi connectivity index (χ2n) is 8.21. The molecule has 158 valence electrons. The number of hydrogen-bond acceptors (Lipinski definition) is 6. The first-order chi connectivity index (χ1) is 15.3. The zero-order chi connectivity index (χ0) is 21.0. The van der Waals surface area contributed by atoms with Gasteiger partial charge in [0.2, 0.25) is 0 Å². The van der Waals surface area contributed by atoms with Gasteiger partial charge in [0.05, 0.1) is 5.39 Å². The van der Waals surface area contributed by atoms with Crippen molar-refractivity contribution < 1.29 is 0 Å². The number of rotatable bonds is 6. The quantitative estimate of drug-likeness (QED) is 0.422. The molecule has 0 aliphatic heterocycles. The van der Waals surface area contributed by atoms with Crippen LogP contribution in [0.3, 0.4) is 0 Å². The van der Waals surface area contributed by atoms with Gasteiger partial charge in [-0.15, -0.1) is 11.3 Å². The molecule has 3 N–H and O–H groups in total. The van der Waals surface area contributed by atoms with Gasteiger partial charge in [0.1, 0.15) is 10.6 Å². The minimum absolute atomic E-state index is 0.00836. The Kier molecular flexibility index (Phi) is 5.91. The average molecular weight is 430 g/mol. The zero-order valence-electron chi connectivity index (χ0n) is 17.6. The van der Waals surface area contributed by atoms with Crippen LogP contribution in [0.4, 0.5) is 5.82 Å². The monoisotopic (exact) mass is 429 g/mol. The minimum Gasteiger partial charge on any atom is -0.368 e. The Morgan fingerprint density at radius 2 is 1.77 bits per heavy atom. The van der Waals surface area contributed by atoms with Crippen molar-refractivity contribution in [2.75, 3.05) is 11.9 Å². The summed E-state index contributed by atoms with van der Waals surface area (Å²) < 4.78 is 0. The Labute approximate surface area is 186 Å². The van der Waals surface area contributed by atoms with E-state index >= 15 is 0 Å². The molecule has 4 aromatic rings. The van der Waals surface area contributed by atoms with Crippen LogP contribution in [0.15, 0.2) is 54.9 Å². The van der Waals surface area contributed by atoms with Crippen LogP contribution >= 0.6 is 11.3 Å². The highest BCUT2D eigenvalue weighted by atomic mass is 32.1. The maximum absolute atomic E-state index is 6.47.